The Balaban J connectivity index is 2.72. The van der Waals surface area contributed by atoms with Crippen molar-refractivity contribution in [1.82, 2.24) is 0 Å². The van der Waals surface area contributed by atoms with Crippen LogP contribution in [0.4, 0.5) is 4.39 Å². The fourth-order valence-corrected chi connectivity index (χ4v) is 2.55. The second-order valence-corrected chi connectivity index (χ2v) is 4.39. The smallest absolute Gasteiger partial charge is 0.137 e. The van der Waals surface area contributed by atoms with Crippen LogP contribution in [0.3, 0.4) is 0 Å². The Bertz CT molecular complexity index is 284. The quantitative estimate of drug-likeness (QED) is 0.518. The van der Waals surface area contributed by atoms with Crippen LogP contribution in [0.15, 0.2) is 23.1 Å². The van der Waals surface area contributed by atoms with E-state index in [9.17, 15) is 4.39 Å². The first-order valence-corrected chi connectivity index (χ1v) is 6.18. The van der Waals surface area contributed by atoms with Gasteiger partial charge in [-0.3, -0.25) is 0 Å². The maximum absolute atomic E-state index is 13.4. The van der Waals surface area contributed by atoms with Crippen LogP contribution in [0.5, 0.6) is 0 Å². The fraction of sp³-hybridized carbons (Fsp3) is 0.500. The van der Waals surface area contributed by atoms with E-state index in [1.54, 1.807) is 23.9 Å². The van der Waals surface area contributed by atoms with Crippen molar-refractivity contribution in [2.45, 2.75) is 38.0 Å². The molecule has 0 aliphatic carbocycles. The van der Waals surface area contributed by atoms with Gasteiger partial charge in [-0.2, -0.15) is 0 Å². The molecule has 0 aliphatic rings. The van der Waals surface area contributed by atoms with E-state index in [0.29, 0.717) is 0 Å². The summed E-state index contributed by atoms with van der Waals surface area (Å²) in [6.07, 6.45) is 3.23. The standard InChI is InChI=1S/C12H17FS/c1-3-5-9-14-12-10(4-2)7-6-8-11(12)13/h6-8H,3-5,9H2,1-2H3. The Morgan fingerprint density at radius 2 is 2.07 bits per heavy atom. The molecule has 0 nitrogen and oxygen atoms in total. The lowest BCUT2D eigenvalue weighted by molar-refractivity contribution is 0.597. The third kappa shape index (κ3) is 3.02. The van der Waals surface area contributed by atoms with E-state index in [0.717, 1.165) is 29.1 Å². The molecular weight excluding hydrogens is 195 g/mol. The minimum atomic E-state index is -0.0644. The summed E-state index contributed by atoms with van der Waals surface area (Å²) >= 11 is 1.65. The Morgan fingerprint density at radius 3 is 2.71 bits per heavy atom. The van der Waals surface area contributed by atoms with Gasteiger partial charge in [0.2, 0.25) is 0 Å². The Labute approximate surface area is 89.9 Å². The molecule has 2 heteroatoms. The van der Waals surface area contributed by atoms with Crippen molar-refractivity contribution >= 4 is 11.8 Å². The van der Waals surface area contributed by atoms with Crippen molar-refractivity contribution in [2.24, 2.45) is 0 Å². The van der Waals surface area contributed by atoms with Gasteiger partial charge in [-0.15, -0.1) is 11.8 Å². The van der Waals surface area contributed by atoms with Crippen molar-refractivity contribution in [1.29, 1.82) is 0 Å². The topological polar surface area (TPSA) is 0 Å². The molecule has 1 rings (SSSR count). The Hall–Kier alpha value is -0.500. The first-order valence-electron chi connectivity index (χ1n) is 5.19. The molecule has 0 spiro atoms. The van der Waals surface area contributed by atoms with E-state index < -0.39 is 0 Å². The molecule has 1 aromatic carbocycles. The SMILES string of the molecule is CCCCSc1c(F)cccc1CC. The van der Waals surface area contributed by atoms with E-state index in [4.69, 9.17) is 0 Å². The third-order valence-corrected chi connectivity index (χ3v) is 3.41. The molecule has 0 amide bonds. The second kappa shape index (κ2) is 6.07. The number of benzene rings is 1. The van der Waals surface area contributed by atoms with Crippen LogP contribution < -0.4 is 0 Å². The van der Waals surface area contributed by atoms with Gasteiger partial charge in [-0.25, -0.2) is 4.39 Å². The average Bonchev–Trinajstić information content (AvgIpc) is 2.20. The van der Waals surface area contributed by atoms with Gasteiger partial charge >= 0.3 is 0 Å². The number of hydrogen-bond donors (Lipinski definition) is 0. The van der Waals surface area contributed by atoms with Crippen LogP contribution in [-0.2, 0) is 6.42 Å². The highest BCUT2D eigenvalue weighted by Crippen LogP contribution is 2.27. The highest BCUT2D eigenvalue weighted by Gasteiger charge is 2.06. The van der Waals surface area contributed by atoms with Gasteiger partial charge in [-0.1, -0.05) is 32.4 Å². The number of unbranched alkanes of at least 4 members (excludes halogenated alkanes) is 1. The van der Waals surface area contributed by atoms with Crippen molar-refractivity contribution in [3.05, 3.63) is 29.6 Å². The van der Waals surface area contributed by atoms with Gasteiger partial charge in [-0.05, 0) is 30.2 Å². The average molecular weight is 212 g/mol. The molecular formula is C12H17FS. The van der Waals surface area contributed by atoms with Crippen molar-refractivity contribution < 1.29 is 4.39 Å². The summed E-state index contributed by atoms with van der Waals surface area (Å²) in [5.41, 5.74) is 1.13. The summed E-state index contributed by atoms with van der Waals surface area (Å²) in [7, 11) is 0. The van der Waals surface area contributed by atoms with E-state index in [-0.39, 0.29) is 5.82 Å². The first-order chi connectivity index (χ1) is 6.79. The largest absolute Gasteiger partial charge is 0.206 e. The van der Waals surface area contributed by atoms with Gasteiger partial charge in [0.05, 0.1) is 0 Å². The lowest BCUT2D eigenvalue weighted by atomic mass is 10.2. The molecule has 1 aromatic rings. The predicted octanol–water partition coefficient (Wildman–Crippen LogP) is 4.28. The molecule has 0 bridgehead atoms. The van der Waals surface area contributed by atoms with E-state index in [1.165, 1.54) is 6.42 Å². The third-order valence-electron chi connectivity index (χ3n) is 2.17. The molecule has 0 aromatic heterocycles. The summed E-state index contributed by atoms with van der Waals surface area (Å²) in [6.45, 7) is 4.22. The van der Waals surface area contributed by atoms with Crippen LogP contribution in [0, 0.1) is 5.82 Å². The van der Waals surface area contributed by atoms with Crippen molar-refractivity contribution in [2.75, 3.05) is 5.75 Å². The fourth-order valence-electron chi connectivity index (χ4n) is 1.31. The molecule has 0 saturated carbocycles. The molecule has 0 N–H and O–H groups in total. The zero-order valence-corrected chi connectivity index (χ0v) is 9.66. The number of halogens is 1. The van der Waals surface area contributed by atoms with Crippen molar-refractivity contribution in [3.8, 4) is 0 Å². The molecule has 0 saturated heterocycles. The number of thioether (sulfide) groups is 1. The lowest BCUT2D eigenvalue weighted by Gasteiger charge is -2.07. The molecule has 0 unspecified atom stereocenters. The number of rotatable bonds is 5. The van der Waals surface area contributed by atoms with Crippen LogP contribution in [-0.4, -0.2) is 5.75 Å². The second-order valence-electron chi connectivity index (χ2n) is 3.28. The summed E-state index contributed by atoms with van der Waals surface area (Å²) in [5, 5.41) is 0. The molecule has 0 atom stereocenters. The van der Waals surface area contributed by atoms with E-state index in [1.807, 2.05) is 6.07 Å². The predicted molar refractivity (Wildman–Crippen MR) is 61.4 cm³/mol. The lowest BCUT2D eigenvalue weighted by Crippen LogP contribution is -1.91. The van der Waals surface area contributed by atoms with Crippen molar-refractivity contribution in [3.63, 3.8) is 0 Å². The zero-order chi connectivity index (χ0) is 10.4. The van der Waals surface area contributed by atoms with Gasteiger partial charge in [0, 0.05) is 4.90 Å². The van der Waals surface area contributed by atoms with Crippen LogP contribution in [0.25, 0.3) is 0 Å². The Morgan fingerprint density at radius 1 is 1.29 bits per heavy atom. The zero-order valence-electron chi connectivity index (χ0n) is 8.85. The minimum Gasteiger partial charge on any atom is -0.206 e. The molecule has 0 radical (unpaired) electrons. The summed E-state index contributed by atoms with van der Waals surface area (Å²) in [5.74, 6) is 0.954. The van der Waals surface area contributed by atoms with E-state index in [2.05, 4.69) is 13.8 Å². The highest BCUT2D eigenvalue weighted by atomic mass is 32.2. The molecule has 0 fully saturated rings. The Kier molecular flexibility index (Phi) is 5.02. The summed E-state index contributed by atoms with van der Waals surface area (Å²) < 4.78 is 13.4. The summed E-state index contributed by atoms with van der Waals surface area (Å²) in [6, 6.07) is 5.35. The van der Waals surface area contributed by atoms with Gasteiger partial charge in [0.15, 0.2) is 0 Å². The minimum absolute atomic E-state index is 0.0644. The molecule has 0 aliphatic heterocycles. The van der Waals surface area contributed by atoms with Crippen LogP contribution in [0.1, 0.15) is 32.3 Å². The van der Waals surface area contributed by atoms with E-state index >= 15 is 0 Å². The summed E-state index contributed by atoms with van der Waals surface area (Å²) in [4.78, 5) is 0.850. The maximum atomic E-state index is 13.4. The van der Waals surface area contributed by atoms with Gasteiger partial charge in [0.25, 0.3) is 0 Å². The maximum Gasteiger partial charge on any atom is 0.137 e. The highest BCUT2D eigenvalue weighted by molar-refractivity contribution is 7.99. The molecule has 78 valence electrons. The van der Waals surface area contributed by atoms with Gasteiger partial charge < -0.3 is 0 Å². The normalized spacial score (nSPS) is 10.5. The van der Waals surface area contributed by atoms with Crippen LogP contribution in [0.2, 0.25) is 0 Å². The monoisotopic (exact) mass is 212 g/mol. The molecule has 0 heterocycles. The number of hydrogen-bond acceptors (Lipinski definition) is 1. The van der Waals surface area contributed by atoms with Gasteiger partial charge in [0.1, 0.15) is 5.82 Å². The molecule has 14 heavy (non-hydrogen) atoms. The first kappa shape index (κ1) is 11.6. The number of aryl methyl sites for hydroxylation is 1. The van der Waals surface area contributed by atoms with Crippen LogP contribution >= 0.6 is 11.8 Å².